The second-order valence-electron chi connectivity index (χ2n) is 11.3. The first-order valence-corrected chi connectivity index (χ1v) is 13.9. The summed E-state index contributed by atoms with van der Waals surface area (Å²) in [6.45, 7) is 9.34. The van der Waals surface area contributed by atoms with Gasteiger partial charge in [0, 0.05) is 35.4 Å². The summed E-state index contributed by atoms with van der Waals surface area (Å²) < 4.78 is 4.91. The number of hydrogen-bond acceptors (Lipinski definition) is 5. The minimum absolute atomic E-state index is 0.111. The Morgan fingerprint density at radius 1 is 1.05 bits per heavy atom. The van der Waals surface area contributed by atoms with Gasteiger partial charge in [0.25, 0.3) is 5.91 Å². The maximum absolute atomic E-state index is 13.8. The molecule has 2 atom stereocenters. The van der Waals surface area contributed by atoms with Crippen LogP contribution in [0.5, 0.6) is 0 Å². The molecule has 0 aliphatic carbocycles. The molecule has 210 valence electrons. The number of carbonyl (C=O) groups excluding carboxylic acids is 3. The Labute approximate surface area is 240 Å². The van der Waals surface area contributed by atoms with Gasteiger partial charge in [0.05, 0.1) is 18.4 Å². The topological polar surface area (TPSA) is 88.6 Å². The van der Waals surface area contributed by atoms with Crippen molar-refractivity contribution in [3.63, 3.8) is 0 Å². The molecule has 1 aliphatic heterocycles. The van der Waals surface area contributed by atoms with Crippen molar-refractivity contribution in [1.82, 2.24) is 15.2 Å². The number of halogens is 1. The van der Waals surface area contributed by atoms with E-state index in [4.69, 9.17) is 16.3 Å². The van der Waals surface area contributed by atoms with Crippen LogP contribution in [-0.4, -0.2) is 53.9 Å². The largest absolute Gasteiger partial charge is 0.465 e. The van der Waals surface area contributed by atoms with Crippen LogP contribution in [-0.2, 0) is 9.53 Å². The average Bonchev–Trinajstić information content (AvgIpc) is 2.95. The molecule has 2 heterocycles. The number of amides is 2. The third kappa shape index (κ3) is 6.53. The molecule has 1 fully saturated rings. The summed E-state index contributed by atoms with van der Waals surface area (Å²) in [6.07, 6.45) is 2.46. The molecular formula is C32H36ClN3O4. The number of methoxy groups -OCH3 is 1. The van der Waals surface area contributed by atoms with Gasteiger partial charge < -0.3 is 15.0 Å². The lowest BCUT2D eigenvalue weighted by Gasteiger charge is -2.45. The fraction of sp³-hybridized carbons (Fsp3) is 0.375. The molecule has 7 nitrogen and oxygen atoms in total. The quantitative estimate of drug-likeness (QED) is 0.358. The van der Waals surface area contributed by atoms with Crippen molar-refractivity contribution >= 4 is 29.4 Å². The van der Waals surface area contributed by atoms with Gasteiger partial charge in [0.1, 0.15) is 6.04 Å². The van der Waals surface area contributed by atoms with Crippen LogP contribution in [0, 0.1) is 11.3 Å². The van der Waals surface area contributed by atoms with Crippen LogP contribution in [0.15, 0.2) is 66.9 Å². The lowest BCUT2D eigenvalue weighted by molar-refractivity contribution is -0.137. The van der Waals surface area contributed by atoms with Gasteiger partial charge >= 0.3 is 5.97 Å². The molecule has 0 saturated carbocycles. The van der Waals surface area contributed by atoms with E-state index in [2.05, 4.69) is 36.3 Å². The number of carbonyl (C=O) groups is 3. The molecule has 2 aromatic carbocycles. The van der Waals surface area contributed by atoms with E-state index < -0.39 is 17.9 Å². The number of nitrogens with one attached hydrogen (secondary N) is 1. The normalized spacial score (nSPS) is 17.3. The van der Waals surface area contributed by atoms with Crippen molar-refractivity contribution in [1.29, 1.82) is 0 Å². The highest BCUT2D eigenvalue weighted by atomic mass is 35.5. The summed E-state index contributed by atoms with van der Waals surface area (Å²) in [5.74, 6) is -0.973. The Kier molecular flexibility index (Phi) is 8.94. The molecular weight excluding hydrogens is 526 g/mol. The van der Waals surface area contributed by atoms with E-state index in [9.17, 15) is 14.4 Å². The predicted molar refractivity (Wildman–Crippen MR) is 156 cm³/mol. The van der Waals surface area contributed by atoms with Crippen molar-refractivity contribution < 1.29 is 19.1 Å². The molecule has 1 N–H and O–H groups in total. The number of esters is 1. The van der Waals surface area contributed by atoms with Gasteiger partial charge in [0.2, 0.25) is 5.91 Å². The zero-order chi connectivity index (χ0) is 29.0. The van der Waals surface area contributed by atoms with Crippen molar-refractivity contribution in [3.8, 4) is 11.3 Å². The SMILES string of the molecule is COC(=O)c1cc(C(=O)N[C@@H](C(=O)N2CCC(c3ccc(Cl)cc3)C(C)(C)C2)C(C)C)cc(-c2ccccn2)c1. The molecule has 40 heavy (non-hydrogen) atoms. The average molecular weight is 562 g/mol. The molecule has 1 aliphatic rings. The second kappa shape index (κ2) is 12.2. The number of rotatable bonds is 7. The zero-order valence-electron chi connectivity index (χ0n) is 23.6. The lowest BCUT2D eigenvalue weighted by Crippen LogP contribution is -2.55. The van der Waals surface area contributed by atoms with Crippen LogP contribution < -0.4 is 5.32 Å². The maximum atomic E-state index is 13.8. The van der Waals surface area contributed by atoms with Gasteiger partial charge in [-0.1, -0.05) is 57.5 Å². The van der Waals surface area contributed by atoms with Crippen LogP contribution in [0.1, 0.15) is 66.3 Å². The number of hydrogen-bond donors (Lipinski definition) is 1. The fourth-order valence-corrected chi connectivity index (χ4v) is 5.59. The van der Waals surface area contributed by atoms with E-state index in [0.717, 1.165) is 6.42 Å². The van der Waals surface area contributed by atoms with E-state index in [-0.39, 0.29) is 34.3 Å². The highest BCUT2D eigenvalue weighted by Gasteiger charge is 2.40. The van der Waals surface area contributed by atoms with E-state index in [0.29, 0.717) is 29.4 Å². The fourth-order valence-electron chi connectivity index (χ4n) is 5.47. The van der Waals surface area contributed by atoms with Gasteiger partial charge in [-0.25, -0.2) is 4.79 Å². The first-order chi connectivity index (χ1) is 19.0. The monoisotopic (exact) mass is 561 g/mol. The molecule has 3 aromatic rings. The molecule has 0 bridgehead atoms. The van der Waals surface area contributed by atoms with E-state index >= 15 is 0 Å². The Morgan fingerprint density at radius 3 is 2.35 bits per heavy atom. The summed E-state index contributed by atoms with van der Waals surface area (Å²) in [4.78, 5) is 45.9. The summed E-state index contributed by atoms with van der Waals surface area (Å²) in [5, 5.41) is 3.65. The minimum Gasteiger partial charge on any atom is -0.465 e. The number of ether oxygens (including phenoxy) is 1. The maximum Gasteiger partial charge on any atom is 0.337 e. The standard InChI is InChI=1S/C32H36ClN3O4/c1-20(2)28(30(38)36-15-13-26(32(3,4)19-36)21-9-11-25(33)12-10-21)35-29(37)23-16-22(27-8-6-7-14-34-27)17-24(18-23)31(39)40-5/h6-12,14,16-18,20,26,28H,13,15,19H2,1-5H3,(H,35,37)/t26?,28-/m1/s1. The van der Waals surface area contributed by atoms with Crippen molar-refractivity contribution in [3.05, 3.63) is 88.6 Å². The molecule has 1 unspecified atom stereocenters. The van der Waals surface area contributed by atoms with Gasteiger partial charge in [0.15, 0.2) is 0 Å². The predicted octanol–water partition coefficient (Wildman–Crippen LogP) is 5.99. The summed E-state index contributed by atoms with van der Waals surface area (Å²) in [5.41, 5.74) is 2.75. The number of benzene rings is 2. The Balaban J connectivity index is 1.55. The van der Waals surface area contributed by atoms with Gasteiger partial charge in [-0.05, 0) is 71.7 Å². The molecule has 0 spiro atoms. The van der Waals surface area contributed by atoms with Crippen molar-refractivity contribution in [2.75, 3.05) is 20.2 Å². The molecule has 0 radical (unpaired) electrons. The first-order valence-electron chi connectivity index (χ1n) is 13.5. The Bertz CT molecular complexity index is 1370. The number of nitrogens with zero attached hydrogens (tertiary/aromatic N) is 2. The summed E-state index contributed by atoms with van der Waals surface area (Å²) in [7, 11) is 1.29. The zero-order valence-corrected chi connectivity index (χ0v) is 24.4. The van der Waals surface area contributed by atoms with Crippen LogP contribution in [0.3, 0.4) is 0 Å². The summed E-state index contributed by atoms with van der Waals surface area (Å²) in [6, 6.07) is 17.4. The molecule has 1 saturated heterocycles. The molecule has 4 rings (SSSR count). The second-order valence-corrected chi connectivity index (χ2v) is 11.8. The van der Waals surface area contributed by atoms with E-state index in [1.807, 2.05) is 36.9 Å². The van der Waals surface area contributed by atoms with Crippen LogP contribution in [0.25, 0.3) is 11.3 Å². The first kappa shape index (κ1) is 29.3. The lowest BCUT2D eigenvalue weighted by atomic mass is 9.70. The third-order valence-corrected chi connectivity index (χ3v) is 7.86. The van der Waals surface area contributed by atoms with Crippen molar-refractivity contribution in [2.24, 2.45) is 11.3 Å². The van der Waals surface area contributed by atoms with E-state index in [1.165, 1.54) is 18.7 Å². The third-order valence-electron chi connectivity index (χ3n) is 7.61. The Morgan fingerprint density at radius 2 is 1.75 bits per heavy atom. The summed E-state index contributed by atoms with van der Waals surface area (Å²) >= 11 is 6.09. The van der Waals surface area contributed by atoms with Crippen LogP contribution in [0.4, 0.5) is 0 Å². The van der Waals surface area contributed by atoms with Crippen molar-refractivity contribution in [2.45, 2.75) is 46.1 Å². The number of pyridine rings is 1. The highest BCUT2D eigenvalue weighted by Crippen LogP contribution is 2.42. The molecule has 2 amide bonds. The highest BCUT2D eigenvalue weighted by molar-refractivity contribution is 6.30. The number of likely N-dealkylation sites (tertiary alicyclic amines) is 1. The minimum atomic E-state index is -0.726. The number of aromatic nitrogens is 1. The molecule has 1 aromatic heterocycles. The van der Waals surface area contributed by atoms with Gasteiger partial charge in [-0.15, -0.1) is 0 Å². The number of piperidine rings is 1. The van der Waals surface area contributed by atoms with Gasteiger partial charge in [-0.2, -0.15) is 0 Å². The molecule has 8 heteroatoms. The smallest absolute Gasteiger partial charge is 0.337 e. The van der Waals surface area contributed by atoms with Crippen LogP contribution in [0.2, 0.25) is 5.02 Å². The van der Waals surface area contributed by atoms with Crippen LogP contribution >= 0.6 is 11.6 Å². The van der Waals surface area contributed by atoms with Gasteiger partial charge in [-0.3, -0.25) is 14.6 Å². The Hall–Kier alpha value is -3.71. The van der Waals surface area contributed by atoms with E-state index in [1.54, 1.807) is 30.5 Å².